The lowest BCUT2D eigenvalue weighted by Gasteiger charge is -2.31. The highest BCUT2D eigenvalue weighted by Gasteiger charge is 2.30. The minimum absolute atomic E-state index is 0.0964. The van der Waals surface area contributed by atoms with Crippen molar-refractivity contribution in [3.63, 3.8) is 0 Å². The lowest BCUT2D eigenvalue weighted by molar-refractivity contribution is -0.140. The van der Waals surface area contributed by atoms with Crippen LogP contribution in [-0.2, 0) is 22.6 Å². The van der Waals surface area contributed by atoms with Crippen LogP contribution in [0.3, 0.4) is 0 Å². The smallest absolute Gasteiger partial charge is 0.242 e. The van der Waals surface area contributed by atoms with Crippen molar-refractivity contribution >= 4 is 46.8 Å². The van der Waals surface area contributed by atoms with E-state index in [1.54, 1.807) is 29.8 Å². The molecule has 0 aliphatic carbocycles. The van der Waals surface area contributed by atoms with Crippen LogP contribution in [0.2, 0.25) is 10.0 Å². The highest BCUT2D eigenvalue weighted by Crippen LogP contribution is 2.24. The zero-order valence-corrected chi connectivity index (χ0v) is 20.7. The predicted molar refractivity (Wildman–Crippen MR) is 137 cm³/mol. The average Bonchev–Trinajstić information content (AvgIpc) is 2.83. The maximum Gasteiger partial charge on any atom is 0.242 e. The molecule has 2 amide bonds. The van der Waals surface area contributed by atoms with E-state index >= 15 is 0 Å². The Labute approximate surface area is 209 Å². The molecule has 33 heavy (non-hydrogen) atoms. The van der Waals surface area contributed by atoms with E-state index in [1.807, 2.05) is 72.8 Å². The first-order valence-electron chi connectivity index (χ1n) is 10.6. The summed E-state index contributed by atoms with van der Waals surface area (Å²) in [5, 5.41) is 3.97. The summed E-state index contributed by atoms with van der Waals surface area (Å²) in [5.41, 5.74) is 1.79. The molecule has 3 aromatic carbocycles. The van der Waals surface area contributed by atoms with Gasteiger partial charge in [-0.15, -0.1) is 11.8 Å². The molecule has 0 radical (unpaired) electrons. The summed E-state index contributed by atoms with van der Waals surface area (Å²) in [7, 11) is 1.59. The number of benzene rings is 3. The van der Waals surface area contributed by atoms with Crippen molar-refractivity contribution in [2.45, 2.75) is 30.3 Å². The van der Waals surface area contributed by atoms with Gasteiger partial charge in [0.05, 0.1) is 0 Å². The summed E-state index contributed by atoms with van der Waals surface area (Å²) in [6.07, 6.45) is 0.709. The van der Waals surface area contributed by atoms with Crippen molar-refractivity contribution < 1.29 is 9.59 Å². The van der Waals surface area contributed by atoms with E-state index < -0.39 is 6.04 Å². The molecule has 1 N–H and O–H groups in total. The van der Waals surface area contributed by atoms with Gasteiger partial charge in [-0.1, -0.05) is 71.7 Å². The van der Waals surface area contributed by atoms with Gasteiger partial charge in [-0.2, -0.15) is 0 Å². The highest BCUT2D eigenvalue weighted by molar-refractivity contribution is 7.99. The summed E-state index contributed by atoms with van der Waals surface area (Å²) >= 11 is 13.9. The Morgan fingerprint density at radius 1 is 0.939 bits per heavy atom. The molecule has 1 atom stereocenters. The molecule has 0 aromatic heterocycles. The van der Waals surface area contributed by atoms with Crippen molar-refractivity contribution in [2.75, 3.05) is 12.8 Å². The van der Waals surface area contributed by atoms with Gasteiger partial charge < -0.3 is 10.2 Å². The second kappa shape index (κ2) is 12.7. The van der Waals surface area contributed by atoms with Crippen LogP contribution >= 0.6 is 35.0 Å². The van der Waals surface area contributed by atoms with Crippen LogP contribution in [0, 0.1) is 0 Å². The van der Waals surface area contributed by atoms with Crippen LogP contribution in [0.1, 0.15) is 17.5 Å². The van der Waals surface area contributed by atoms with Gasteiger partial charge in [-0.05, 0) is 41.5 Å². The largest absolute Gasteiger partial charge is 0.357 e. The minimum atomic E-state index is -0.651. The zero-order valence-electron chi connectivity index (χ0n) is 18.3. The van der Waals surface area contributed by atoms with Crippen molar-refractivity contribution in [1.82, 2.24) is 10.2 Å². The van der Waals surface area contributed by atoms with Crippen LogP contribution in [0.15, 0.2) is 83.8 Å². The average molecular weight is 501 g/mol. The van der Waals surface area contributed by atoms with Gasteiger partial charge in [0.2, 0.25) is 11.8 Å². The van der Waals surface area contributed by atoms with Gasteiger partial charge in [0.1, 0.15) is 6.04 Å². The van der Waals surface area contributed by atoms with Crippen LogP contribution in [0.5, 0.6) is 0 Å². The third kappa shape index (κ3) is 7.53. The van der Waals surface area contributed by atoms with Crippen LogP contribution in [-0.4, -0.2) is 35.6 Å². The monoisotopic (exact) mass is 500 g/mol. The maximum atomic E-state index is 13.4. The molecule has 0 fully saturated rings. The van der Waals surface area contributed by atoms with Gasteiger partial charge in [0, 0.05) is 47.1 Å². The van der Waals surface area contributed by atoms with Gasteiger partial charge in [-0.3, -0.25) is 9.59 Å². The van der Waals surface area contributed by atoms with Crippen LogP contribution < -0.4 is 5.32 Å². The third-order valence-corrected chi connectivity index (χ3v) is 6.85. The second-order valence-electron chi connectivity index (χ2n) is 7.49. The SMILES string of the molecule is CNC(=O)C(Cc1ccccc1)N(Cc1ccccc1Cl)C(=O)CCSc1ccc(Cl)cc1. The Kier molecular flexibility index (Phi) is 9.67. The van der Waals surface area contributed by atoms with Crippen LogP contribution in [0.4, 0.5) is 0 Å². The van der Waals surface area contributed by atoms with Crippen molar-refractivity contribution in [2.24, 2.45) is 0 Å². The van der Waals surface area contributed by atoms with Crippen molar-refractivity contribution in [3.05, 3.63) is 100 Å². The van der Waals surface area contributed by atoms with E-state index in [0.29, 0.717) is 28.6 Å². The Morgan fingerprint density at radius 3 is 2.27 bits per heavy atom. The van der Waals surface area contributed by atoms with E-state index in [4.69, 9.17) is 23.2 Å². The molecule has 172 valence electrons. The van der Waals surface area contributed by atoms with Crippen LogP contribution in [0.25, 0.3) is 0 Å². The molecule has 7 heteroatoms. The Balaban J connectivity index is 1.81. The van der Waals surface area contributed by atoms with Crippen molar-refractivity contribution in [1.29, 1.82) is 0 Å². The molecular formula is C26H26Cl2N2O2S. The maximum absolute atomic E-state index is 13.4. The van der Waals surface area contributed by atoms with Gasteiger partial charge in [-0.25, -0.2) is 0 Å². The molecule has 0 aliphatic heterocycles. The molecular weight excluding hydrogens is 475 g/mol. The summed E-state index contributed by atoms with van der Waals surface area (Å²) in [6.45, 7) is 0.259. The molecule has 0 heterocycles. The van der Waals surface area contributed by atoms with Gasteiger partial charge in [0.25, 0.3) is 0 Å². The first-order valence-corrected chi connectivity index (χ1v) is 12.4. The van der Waals surface area contributed by atoms with E-state index in [2.05, 4.69) is 5.32 Å². The van der Waals surface area contributed by atoms with E-state index in [-0.39, 0.29) is 18.4 Å². The number of carbonyl (C=O) groups excluding carboxylic acids is 2. The lowest BCUT2D eigenvalue weighted by Crippen LogP contribution is -2.49. The Hall–Kier alpha value is -2.47. The molecule has 3 aromatic rings. The predicted octanol–water partition coefficient (Wildman–Crippen LogP) is 5.86. The fraction of sp³-hybridized carbons (Fsp3) is 0.231. The molecule has 0 saturated heterocycles. The number of thioether (sulfide) groups is 1. The zero-order chi connectivity index (χ0) is 23.6. The number of rotatable bonds is 10. The van der Waals surface area contributed by atoms with E-state index in [1.165, 1.54) is 0 Å². The number of likely N-dealkylation sites (N-methyl/N-ethyl adjacent to an activating group) is 1. The van der Waals surface area contributed by atoms with Gasteiger partial charge >= 0.3 is 0 Å². The molecule has 3 rings (SSSR count). The number of amides is 2. The Morgan fingerprint density at radius 2 is 1.61 bits per heavy atom. The molecule has 0 saturated carbocycles. The molecule has 0 spiro atoms. The second-order valence-corrected chi connectivity index (χ2v) is 9.50. The highest BCUT2D eigenvalue weighted by atomic mass is 35.5. The summed E-state index contributed by atoms with van der Waals surface area (Å²) in [5.74, 6) is 0.288. The number of nitrogens with one attached hydrogen (secondary N) is 1. The first kappa shape index (κ1) is 25.2. The number of halogens is 2. The lowest BCUT2D eigenvalue weighted by atomic mass is 10.0. The molecule has 0 aliphatic rings. The fourth-order valence-corrected chi connectivity index (χ4v) is 4.62. The fourth-order valence-electron chi connectivity index (χ4n) is 3.46. The quantitative estimate of drug-likeness (QED) is 0.354. The molecule has 4 nitrogen and oxygen atoms in total. The minimum Gasteiger partial charge on any atom is -0.357 e. The van der Waals surface area contributed by atoms with Crippen molar-refractivity contribution in [3.8, 4) is 0 Å². The standard InChI is InChI=1S/C26H26Cl2N2O2S/c1-29-26(32)24(17-19-7-3-2-4-8-19)30(18-20-9-5-6-10-23(20)28)25(31)15-16-33-22-13-11-21(27)12-14-22/h2-14,24H,15-18H2,1H3,(H,29,32). The number of carbonyl (C=O) groups is 2. The molecule has 1 unspecified atom stereocenters. The summed E-state index contributed by atoms with van der Waals surface area (Å²) in [6, 6.07) is 24.0. The first-order chi connectivity index (χ1) is 16.0. The van der Waals surface area contributed by atoms with E-state index in [9.17, 15) is 9.59 Å². The molecule has 0 bridgehead atoms. The Bertz CT molecular complexity index is 1060. The number of hydrogen-bond acceptors (Lipinski definition) is 3. The number of nitrogens with zero attached hydrogens (tertiary/aromatic N) is 1. The number of hydrogen-bond donors (Lipinski definition) is 1. The van der Waals surface area contributed by atoms with Gasteiger partial charge in [0.15, 0.2) is 0 Å². The normalized spacial score (nSPS) is 11.6. The topological polar surface area (TPSA) is 49.4 Å². The summed E-state index contributed by atoms with van der Waals surface area (Å²) in [4.78, 5) is 29.0. The third-order valence-electron chi connectivity index (χ3n) is 5.21. The van der Waals surface area contributed by atoms with E-state index in [0.717, 1.165) is 16.0 Å². The summed E-state index contributed by atoms with van der Waals surface area (Å²) < 4.78 is 0.